The summed E-state index contributed by atoms with van der Waals surface area (Å²) < 4.78 is 12.8. The van der Waals surface area contributed by atoms with Gasteiger partial charge in [0.05, 0.1) is 18.1 Å². The van der Waals surface area contributed by atoms with Gasteiger partial charge < -0.3 is 14.5 Å². The molecule has 3 aromatic carbocycles. The Morgan fingerprint density at radius 3 is 2.59 bits per heavy atom. The highest BCUT2D eigenvalue weighted by Gasteiger charge is 2.23. The van der Waals surface area contributed by atoms with Crippen LogP contribution in [0.2, 0.25) is 0 Å². The van der Waals surface area contributed by atoms with Gasteiger partial charge in [-0.15, -0.1) is 0 Å². The van der Waals surface area contributed by atoms with Gasteiger partial charge in [-0.25, -0.2) is 9.59 Å². The number of nitrogens with zero attached hydrogens (tertiary/aromatic N) is 2. The molecule has 34 heavy (non-hydrogen) atoms. The van der Waals surface area contributed by atoms with Crippen LogP contribution in [0.15, 0.2) is 77.6 Å². The van der Waals surface area contributed by atoms with Crippen LogP contribution in [0.25, 0.3) is 11.0 Å². The molecule has 0 radical (unpaired) electrons. The number of carbonyl (C=O) groups excluding carboxylic acids is 1. The zero-order valence-corrected chi connectivity index (χ0v) is 19.1. The minimum atomic E-state index is -0.427. The van der Waals surface area contributed by atoms with Crippen LogP contribution in [0.1, 0.15) is 34.8 Å². The summed E-state index contributed by atoms with van der Waals surface area (Å²) in [6.07, 6.45) is 1.84. The number of methoxy groups -OCH3 is 1. The zero-order chi connectivity index (χ0) is 23.5. The van der Waals surface area contributed by atoms with E-state index in [0.717, 1.165) is 49.1 Å². The maximum atomic E-state index is 12.5. The number of hydrogen-bond acceptors (Lipinski definition) is 5. The summed E-state index contributed by atoms with van der Waals surface area (Å²) in [7, 11) is 1.36. The Balaban J connectivity index is 1.25. The molecule has 7 nitrogen and oxygen atoms in total. The smallest absolute Gasteiger partial charge is 0.341 e. The number of ether oxygens (including phenoxy) is 2. The van der Waals surface area contributed by atoms with Crippen molar-refractivity contribution in [2.75, 3.05) is 20.2 Å². The average molecular weight is 458 g/mol. The molecule has 0 amide bonds. The number of fused-ring (bicyclic) bond motifs is 1. The highest BCUT2D eigenvalue weighted by Crippen LogP contribution is 2.28. The summed E-state index contributed by atoms with van der Waals surface area (Å²) in [6, 6.07) is 23.0. The molecule has 2 heterocycles. The fraction of sp³-hybridized carbons (Fsp3) is 0.259. The number of carbonyl (C=O) groups is 1. The van der Waals surface area contributed by atoms with Crippen molar-refractivity contribution in [2.24, 2.45) is 0 Å². The Bertz CT molecular complexity index is 1370. The van der Waals surface area contributed by atoms with E-state index < -0.39 is 5.97 Å². The third-order valence-electron chi connectivity index (χ3n) is 6.37. The minimum Gasteiger partial charge on any atom is -0.465 e. The van der Waals surface area contributed by atoms with E-state index in [1.165, 1.54) is 7.11 Å². The molecule has 0 unspecified atom stereocenters. The lowest BCUT2D eigenvalue weighted by atomic mass is 10.0. The summed E-state index contributed by atoms with van der Waals surface area (Å²) >= 11 is 0. The van der Waals surface area contributed by atoms with Crippen LogP contribution in [0, 0.1) is 0 Å². The first-order valence-electron chi connectivity index (χ1n) is 11.5. The van der Waals surface area contributed by atoms with E-state index in [1.54, 1.807) is 18.2 Å². The van der Waals surface area contributed by atoms with E-state index in [0.29, 0.717) is 17.1 Å². The molecule has 0 aliphatic carbocycles. The SMILES string of the molecule is COC(=O)c1ccccc1Oc1cccc(CN2CCC(n3c(=O)[nH]c4ccccc43)CC2)c1. The van der Waals surface area contributed by atoms with Crippen molar-refractivity contribution in [1.29, 1.82) is 0 Å². The molecule has 0 saturated carbocycles. The number of hydrogen-bond donors (Lipinski definition) is 1. The maximum absolute atomic E-state index is 12.5. The third kappa shape index (κ3) is 4.47. The van der Waals surface area contributed by atoms with Gasteiger partial charge in [0.2, 0.25) is 0 Å². The number of esters is 1. The molecule has 174 valence electrons. The molecule has 1 aliphatic heterocycles. The monoisotopic (exact) mass is 457 g/mol. The lowest BCUT2D eigenvalue weighted by Gasteiger charge is -2.32. The Kier molecular flexibility index (Phi) is 6.18. The summed E-state index contributed by atoms with van der Waals surface area (Å²) in [4.78, 5) is 29.9. The van der Waals surface area contributed by atoms with Gasteiger partial charge in [-0.1, -0.05) is 36.4 Å². The Morgan fingerprint density at radius 2 is 1.76 bits per heavy atom. The highest BCUT2D eigenvalue weighted by molar-refractivity contribution is 5.92. The summed E-state index contributed by atoms with van der Waals surface area (Å²) in [6.45, 7) is 2.62. The molecule has 0 atom stereocenters. The Hall–Kier alpha value is -3.84. The molecule has 0 bridgehead atoms. The molecule has 1 aromatic heterocycles. The second kappa shape index (κ2) is 9.57. The van der Waals surface area contributed by atoms with E-state index in [1.807, 2.05) is 53.1 Å². The van der Waals surface area contributed by atoms with Gasteiger partial charge >= 0.3 is 11.7 Å². The second-order valence-electron chi connectivity index (χ2n) is 8.56. The molecule has 1 fully saturated rings. The highest BCUT2D eigenvalue weighted by atomic mass is 16.5. The summed E-state index contributed by atoms with van der Waals surface area (Å²) in [5, 5.41) is 0. The molecular weight excluding hydrogens is 430 g/mol. The Morgan fingerprint density at radius 1 is 1.00 bits per heavy atom. The van der Waals surface area contributed by atoms with Crippen LogP contribution in [0.5, 0.6) is 11.5 Å². The van der Waals surface area contributed by atoms with Crippen LogP contribution >= 0.6 is 0 Å². The van der Waals surface area contributed by atoms with Crippen molar-refractivity contribution in [3.05, 3.63) is 94.4 Å². The molecule has 1 saturated heterocycles. The number of nitrogens with one attached hydrogen (secondary N) is 1. The maximum Gasteiger partial charge on any atom is 0.341 e. The van der Waals surface area contributed by atoms with Gasteiger partial charge in [0.1, 0.15) is 17.1 Å². The lowest BCUT2D eigenvalue weighted by molar-refractivity contribution is 0.0598. The van der Waals surface area contributed by atoms with Crippen LogP contribution in [0.4, 0.5) is 0 Å². The van der Waals surface area contributed by atoms with Gasteiger partial charge in [-0.05, 0) is 54.8 Å². The minimum absolute atomic E-state index is 0.0308. The fourth-order valence-corrected chi connectivity index (χ4v) is 4.70. The van der Waals surface area contributed by atoms with Gasteiger partial charge in [-0.3, -0.25) is 9.47 Å². The zero-order valence-electron chi connectivity index (χ0n) is 19.1. The van der Waals surface area contributed by atoms with Crippen molar-refractivity contribution >= 4 is 17.0 Å². The van der Waals surface area contributed by atoms with Crippen molar-refractivity contribution in [3.8, 4) is 11.5 Å². The Labute approximate surface area is 197 Å². The number of rotatable bonds is 6. The average Bonchev–Trinajstić information content (AvgIpc) is 3.20. The van der Waals surface area contributed by atoms with Gasteiger partial charge in [-0.2, -0.15) is 0 Å². The lowest BCUT2D eigenvalue weighted by Crippen LogP contribution is -2.36. The topological polar surface area (TPSA) is 76.6 Å². The number of para-hydroxylation sites is 3. The standard InChI is InChI=1S/C27H27N3O4/c1-33-26(31)22-9-2-5-12-25(22)34-21-8-6-7-19(17-21)18-29-15-13-20(14-16-29)30-24-11-4-3-10-23(24)28-27(30)32/h2-12,17,20H,13-16,18H2,1H3,(H,28,32). The van der Waals surface area contributed by atoms with Crippen molar-refractivity contribution in [1.82, 2.24) is 14.5 Å². The quantitative estimate of drug-likeness (QED) is 0.423. The predicted molar refractivity (Wildman–Crippen MR) is 130 cm³/mol. The number of likely N-dealkylation sites (tertiary alicyclic amines) is 1. The van der Waals surface area contributed by atoms with Gasteiger partial charge in [0.25, 0.3) is 0 Å². The fourth-order valence-electron chi connectivity index (χ4n) is 4.70. The van der Waals surface area contributed by atoms with E-state index in [2.05, 4.69) is 16.0 Å². The van der Waals surface area contributed by atoms with E-state index in [-0.39, 0.29) is 11.7 Å². The van der Waals surface area contributed by atoms with E-state index in [9.17, 15) is 9.59 Å². The van der Waals surface area contributed by atoms with Crippen molar-refractivity contribution in [3.63, 3.8) is 0 Å². The summed E-state index contributed by atoms with van der Waals surface area (Å²) in [5.41, 5.74) is 3.36. The van der Waals surface area contributed by atoms with Crippen molar-refractivity contribution in [2.45, 2.75) is 25.4 Å². The molecule has 1 N–H and O–H groups in total. The first kappa shape index (κ1) is 22.0. The van der Waals surface area contributed by atoms with E-state index in [4.69, 9.17) is 9.47 Å². The normalized spacial score (nSPS) is 14.9. The largest absolute Gasteiger partial charge is 0.465 e. The molecule has 7 heteroatoms. The van der Waals surface area contributed by atoms with Crippen molar-refractivity contribution < 1.29 is 14.3 Å². The van der Waals surface area contributed by atoms with Crippen LogP contribution < -0.4 is 10.4 Å². The first-order valence-corrected chi connectivity index (χ1v) is 11.5. The molecule has 4 aromatic rings. The number of H-pyrrole nitrogens is 1. The second-order valence-corrected chi connectivity index (χ2v) is 8.56. The van der Waals surface area contributed by atoms with Gasteiger partial charge in [0, 0.05) is 25.7 Å². The molecule has 0 spiro atoms. The van der Waals surface area contributed by atoms with Gasteiger partial charge in [0.15, 0.2) is 0 Å². The molecule has 5 rings (SSSR count). The van der Waals surface area contributed by atoms with Crippen LogP contribution in [-0.4, -0.2) is 40.6 Å². The number of aromatic nitrogens is 2. The van der Waals surface area contributed by atoms with E-state index >= 15 is 0 Å². The predicted octanol–water partition coefficient (Wildman–Crippen LogP) is 4.75. The third-order valence-corrected chi connectivity index (χ3v) is 6.37. The molecule has 1 aliphatic rings. The number of benzene rings is 3. The first-order chi connectivity index (χ1) is 16.6. The van der Waals surface area contributed by atoms with Crippen LogP contribution in [-0.2, 0) is 11.3 Å². The number of imidazole rings is 1. The molecular formula is C27H27N3O4. The number of aromatic amines is 1. The van der Waals surface area contributed by atoms with Crippen LogP contribution in [0.3, 0.4) is 0 Å². The number of piperidine rings is 1. The summed E-state index contributed by atoms with van der Waals surface area (Å²) in [5.74, 6) is 0.717.